The summed E-state index contributed by atoms with van der Waals surface area (Å²) in [5.41, 5.74) is 7.33. The predicted molar refractivity (Wildman–Crippen MR) is 61.6 cm³/mol. The minimum atomic E-state index is -0.860. The number of nitrogens with two attached hydrogens (primary N) is 1. The van der Waals surface area contributed by atoms with E-state index in [1.54, 1.807) is 0 Å². The number of nitrogen functional groups attached to an aromatic ring is 1. The molecule has 0 unspecified atom stereocenters. The lowest BCUT2D eigenvalue weighted by atomic mass is 10.0. The summed E-state index contributed by atoms with van der Waals surface area (Å²) in [5.74, 6) is 0. The Morgan fingerprint density at radius 3 is 2.71 bits per heavy atom. The SMILES string of the molecule is Nc1ccc([C@@H]2O[C@@H]3C[C@H]2N(C(=O)O)C3)cc1. The van der Waals surface area contributed by atoms with E-state index in [1.165, 1.54) is 4.90 Å². The van der Waals surface area contributed by atoms with Crippen LogP contribution in [0.5, 0.6) is 0 Å². The summed E-state index contributed by atoms with van der Waals surface area (Å²) in [7, 11) is 0. The Kier molecular flexibility index (Phi) is 2.22. The van der Waals surface area contributed by atoms with Crippen LogP contribution in [-0.4, -0.2) is 34.8 Å². The van der Waals surface area contributed by atoms with Gasteiger partial charge in [-0.25, -0.2) is 4.79 Å². The van der Waals surface area contributed by atoms with E-state index >= 15 is 0 Å². The van der Waals surface area contributed by atoms with Crippen LogP contribution in [0.3, 0.4) is 0 Å². The molecule has 2 fully saturated rings. The molecule has 1 aromatic rings. The van der Waals surface area contributed by atoms with Gasteiger partial charge in [-0.2, -0.15) is 0 Å². The molecule has 5 nitrogen and oxygen atoms in total. The van der Waals surface area contributed by atoms with Gasteiger partial charge in [-0.3, -0.25) is 4.90 Å². The average Bonchev–Trinajstić information content (AvgIpc) is 2.89. The molecular weight excluding hydrogens is 220 g/mol. The van der Waals surface area contributed by atoms with Crippen molar-refractivity contribution in [1.29, 1.82) is 0 Å². The van der Waals surface area contributed by atoms with E-state index in [4.69, 9.17) is 15.6 Å². The molecule has 0 saturated carbocycles. The Morgan fingerprint density at radius 1 is 1.41 bits per heavy atom. The number of hydrogen-bond acceptors (Lipinski definition) is 3. The minimum Gasteiger partial charge on any atom is -0.465 e. The Bertz CT molecular complexity index is 446. The monoisotopic (exact) mass is 234 g/mol. The van der Waals surface area contributed by atoms with Crippen molar-refractivity contribution in [2.24, 2.45) is 0 Å². The molecule has 3 N–H and O–H groups in total. The van der Waals surface area contributed by atoms with Crippen molar-refractivity contribution >= 4 is 11.8 Å². The van der Waals surface area contributed by atoms with E-state index in [0.717, 1.165) is 12.0 Å². The van der Waals surface area contributed by atoms with Crippen molar-refractivity contribution in [1.82, 2.24) is 4.90 Å². The fourth-order valence-electron chi connectivity index (χ4n) is 2.72. The number of morpholine rings is 1. The molecule has 90 valence electrons. The second-order valence-electron chi connectivity index (χ2n) is 4.58. The molecule has 2 heterocycles. The Labute approximate surface area is 98.8 Å². The zero-order valence-corrected chi connectivity index (χ0v) is 9.24. The topological polar surface area (TPSA) is 75.8 Å². The fraction of sp³-hybridized carbons (Fsp3) is 0.417. The summed E-state index contributed by atoms with van der Waals surface area (Å²) in [4.78, 5) is 12.6. The van der Waals surface area contributed by atoms with E-state index < -0.39 is 6.09 Å². The average molecular weight is 234 g/mol. The van der Waals surface area contributed by atoms with E-state index in [0.29, 0.717) is 12.2 Å². The summed E-state index contributed by atoms with van der Waals surface area (Å²) in [6, 6.07) is 7.38. The van der Waals surface area contributed by atoms with Crippen LogP contribution in [0.4, 0.5) is 10.5 Å². The highest BCUT2D eigenvalue weighted by atomic mass is 16.5. The van der Waals surface area contributed by atoms with Gasteiger partial charge < -0.3 is 15.6 Å². The third-order valence-corrected chi connectivity index (χ3v) is 3.50. The first kappa shape index (κ1) is 10.4. The number of ether oxygens (including phenoxy) is 1. The molecule has 1 aromatic carbocycles. The lowest BCUT2D eigenvalue weighted by Crippen LogP contribution is -2.42. The molecule has 0 radical (unpaired) electrons. The number of carbonyl (C=O) groups is 1. The highest BCUT2D eigenvalue weighted by Gasteiger charge is 2.48. The second kappa shape index (κ2) is 3.63. The van der Waals surface area contributed by atoms with Gasteiger partial charge in [-0.15, -0.1) is 0 Å². The number of likely N-dealkylation sites (tertiary alicyclic amines) is 1. The number of hydrogen-bond donors (Lipinski definition) is 2. The third kappa shape index (κ3) is 1.63. The van der Waals surface area contributed by atoms with Crippen molar-refractivity contribution in [3.8, 4) is 0 Å². The number of amides is 1. The first-order chi connectivity index (χ1) is 8.15. The smallest absolute Gasteiger partial charge is 0.407 e. The summed E-state index contributed by atoms with van der Waals surface area (Å²) < 4.78 is 5.82. The zero-order chi connectivity index (χ0) is 12.0. The van der Waals surface area contributed by atoms with Crippen molar-refractivity contribution < 1.29 is 14.6 Å². The number of benzene rings is 1. The van der Waals surface area contributed by atoms with Crippen LogP contribution in [-0.2, 0) is 4.74 Å². The Balaban J connectivity index is 1.86. The molecule has 0 aromatic heterocycles. The number of nitrogens with zero attached hydrogens (tertiary/aromatic N) is 1. The number of carboxylic acid groups (broad SMARTS) is 1. The number of anilines is 1. The largest absolute Gasteiger partial charge is 0.465 e. The molecule has 0 spiro atoms. The van der Waals surface area contributed by atoms with Crippen LogP contribution in [0.2, 0.25) is 0 Å². The number of rotatable bonds is 1. The maximum Gasteiger partial charge on any atom is 0.407 e. The molecule has 3 rings (SSSR count). The fourth-order valence-corrected chi connectivity index (χ4v) is 2.72. The highest BCUT2D eigenvalue weighted by molar-refractivity contribution is 5.66. The van der Waals surface area contributed by atoms with Crippen LogP contribution in [0.25, 0.3) is 0 Å². The molecule has 2 bridgehead atoms. The van der Waals surface area contributed by atoms with Crippen molar-refractivity contribution in [3.63, 3.8) is 0 Å². The van der Waals surface area contributed by atoms with Gasteiger partial charge in [-0.05, 0) is 24.1 Å². The Morgan fingerprint density at radius 2 is 2.12 bits per heavy atom. The van der Waals surface area contributed by atoms with Gasteiger partial charge in [0.2, 0.25) is 0 Å². The normalized spacial score (nSPS) is 30.8. The molecule has 1 amide bonds. The van der Waals surface area contributed by atoms with Gasteiger partial charge in [0.15, 0.2) is 0 Å². The quantitative estimate of drug-likeness (QED) is 0.721. The van der Waals surface area contributed by atoms with Gasteiger partial charge >= 0.3 is 6.09 Å². The van der Waals surface area contributed by atoms with Crippen molar-refractivity contribution in [2.45, 2.75) is 24.7 Å². The summed E-state index contributed by atoms with van der Waals surface area (Å²) in [6.07, 6.45) is -0.174. The van der Waals surface area contributed by atoms with Crippen LogP contribution < -0.4 is 5.73 Å². The zero-order valence-electron chi connectivity index (χ0n) is 9.24. The molecular formula is C12H14N2O3. The van der Waals surface area contributed by atoms with Crippen LogP contribution >= 0.6 is 0 Å². The van der Waals surface area contributed by atoms with Crippen molar-refractivity contribution in [2.75, 3.05) is 12.3 Å². The van der Waals surface area contributed by atoms with E-state index in [2.05, 4.69) is 0 Å². The molecule has 17 heavy (non-hydrogen) atoms. The lowest BCUT2D eigenvalue weighted by molar-refractivity contribution is -0.0287. The van der Waals surface area contributed by atoms with Crippen LogP contribution in [0.1, 0.15) is 18.1 Å². The molecule has 2 aliphatic rings. The minimum absolute atomic E-state index is 0.0404. The van der Waals surface area contributed by atoms with Gasteiger partial charge in [0.1, 0.15) is 6.10 Å². The molecule has 2 aliphatic heterocycles. The lowest BCUT2D eigenvalue weighted by Gasteiger charge is -2.31. The third-order valence-electron chi connectivity index (χ3n) is 3.50. The molecule has 0 aliphatic carbocycles. The first-order valence-electron chi connectivity index (χ1n) is 5.65. The van der Waals surface area contributed by atoms with E-state index in [1.807, 2.05) is 24.3 Å². The van der Waals surface area contributed by atoms with Crippen LogP contribution in [0.15, 0.2) is 24.3 Å². The number of fused-ring (bicyclic) bond motifs is 2. The maximum absolute atomic E-state index is 11.1. The van der Waals surface area contributed by atoms with E-state index in [9.17, 15) is 4.79 Å². The molecule has 5 heteroatoms. The van der Waals surface area contributed by atoms with Crippen molar-refractivity contribution in [3.05, 3.63) is 29.8 Å². The summed E-state index contributed by atoms with van der Waals surface area (Å²) >= 11 is 0. The first-order valence-corrected chi connectivity index (χ1v) is 5.65. The summed E-state index contributed by atoms with van der Waals surface area (Å²) in [6.45, 7) is 0.492. The molecule has 3 atom stereocenters. The Hall–Kier alpha value is -1.75. The van der Waals surface area contributed by atoms with E-state index in [-0.39, 0.29) is 18.2 Å². The van der Waals surface area contributed by atoms with Gasteiger partial charge in [0.25, 0.3) is 0 Å². The summed E-state index contributed by atoms with van der Waals surface area (Å²) in [5, 5.41) is 9.09. The molecule has 2 saturated heterocycles. The second-order valence-corrected chi connectivity index (χ2v) is 4.58. The van der Waals surface area contributed by atoms with Gasteiger partial charge in [0, 0.05) is 5.69 Å². The highest BCUT2D eigenvalue weighted by Crippen LogP contribution is 2.42. The van der Waals surface area contributed by atoms with Gasteiger partial charge in [-0.1, -0.05) is 12.1 Å². The predicted octanol–water partition coefficient (Wildman–Crippen LogP) is 1.46. The van der Waals surface area contributed by atoms with Crippen LogP contribution in [0, 0.1) is 0 Å². The standard InChI is InChI=1S/C12H14N2O3/c13-8-3-1-7(2-4-8)11-10-5-9(17-11)6-14(10)12(15)16/h1-4,9-11H,5-6,13H2,(H,15,16)/t9-,10-,11+/m1/s1. The maximum atomic E-state index is 11.1. The van der Waals surface area contributed by atoms with Gasteiger partial charge in [0.05, 0.1) is 18.7 Å².